The first-order valence-electron chi connectivity index (χ1n) is 7.17. The minimum absolute atomic E-state index is 0.217. The van der Waals surface area contributed by atoms with E-state index in [-0.39, 0.29) is 18.5 Å². The maximum atomic E-state index is 12.4. The quantitative estimate of drug-likeness (QED) is 0.880. The van der Waals surface area contributed by atoms with Crippen molar-refractivity contribution in [3.8, 4) is 0 Å². The van der Waals surface area contributed by atoms with Crippen molar-refractivity contribution in [1.82, 2.24) is 14.7 Å². The molecule has 2 rings (SSSR count). The first-order chi connectivity index (χ1) is 10.9. The second kappa shape index (κ2) is 7.28. The summed E-state index contributed by atoms with van der Waals surface area (Å²) in [5.74, 6) is -1.40. The third kappa shape index (κ3) is 4.32. The predicted molar refractivity (Wildman–Crippen MR) is 86.6 cm³/mol. The molecule has 1 heterocycles. The fraction of sp³-hybridized carbons (Fsp3) is 0.312. The average Bonchev–Trinajstić information content (AvgIpc) is 2.94. The van der Waals surface area contributed by atoms with Gasteiger partial charge in [0.15, 0.2) is 0 Å². The summed E-state index contributed by atoms with van der Waals surface area (Å²) in [6.07, 6.45) is 3.04. The maximum absolute atomic E-state index is 12.4. The summed E-state index contributed by atoms with van der Waals surface area (Å²) >= 11 is 6.11. The number of carboxylic acids is 1. The van der Waals surface area contributed by atoms with E-state index in [1.165, 1.54) is 11.1 Å². The van der Waals surface area contributed by atoms with Crippen molar-refractivity contribution >= 4 is 23.5 Å². The van der Waals surface area contributed by atoms with Gasteiger partial charge in [-0.2, -0.15) is 5.10 Å². The number of aliphatic carboxylic acids is 1. The molecule has 0 aliphatic heterocycles. The fourth-order valence-corrected chi connectivity index (χ4v) is 2.36. The minimum atomic E-state index is -1.05. The number of halogens is 1. The molecule has 6 nitrogen and oxygen atoms in total. The number of nitrogens with zero attached hydrogens (tertiary/aromatic N) is 3. The van der Waals surface area contributed by atoms with E-state index in [0.29, 0.717) is 17.1 Å². The van der Waals surface area contributed by atoms with Crippen molar-refractivity contribution < 1.29 is 14.7 Å². The number of benzene rings is 1. The summed E-state index contributed by atoms with van der Waals surface area (Å²) < 4.78 is 1.60. The van der Waals surface area contributed by atoms with Crippen LogP contribution in [0, 0.1) is 0 Å². The molecule has 1 N–H and O–H groups in total. The first kappa shape index (κ1) is 17.0. The van der Waals surface area contributed by atoms with Crippen LogP contribution < -0.4 is 0 Å². The summed E-state index contributed by atoms with van der Waals surface area (Å²) in [4.78, 5) is 24.6. The topological polar surface area (TPSA) is 75.4 Å². The molecule has 23 heavy (non-hydrogen) atoms. The van der Waals surface area contributed by atoms with Crippen molar-refractivity contribution in [2.45, 2.75) is 26.4 Å². The second-order valence-electron chi connectivity index (χ2n) is 5.44. The Balaban J connectivity index is 2.16. The number of hydrogen-bond acceptors (Lipinski definition) is 3. The lowest BCUT2D eigenvalue weighted by atomic mass is 10.2. The van der Waals surface area contributed by atoms with E-state index in [2.05, 4.69) is 5.10 Å². The van der Waals surface area contributed by atoms with Gasteiger partial charge in [0.2, 0.25) is 0 Å². The van der Waals surface area contributed by atoms with E-state index in [9.17, 15) is 9.59 Å². The van der Waals surface area contributed by atoms with Crippen molar-refractivity contribution in [2.75, 3.05) is 6.54 Å². The van der Waals surface area contributed by atoms with Gasteiger partial charge < -0.3 is 10.0 Å². The summed E-state index contributed by atoms with van der Waals surface area (Å²) in [6, 6.07) is 7.18. The lowest BCUT2D eigenvalue weighted by molar-refractivity contribution is -0.138. The Morgan fingerprint density at radius 1 is 1.35 bits per heavy atom. The van der Waals surface area contributed by atoms with E-state index in [1.54, 1.807) is 30.8 Å². The molecule has 0 atom stereocenters. The van der Waals surface area contributed by atoms with Gasteiger partial charge in [0, 0.05) is 17.3 Å². The predicted octanol–water partition coefficient (Wildman–Crippen LogP) is 2.52. The van der Waals surface area contributed by atoms with Crippen LogP contribution >= 0.6 is 11.6 Å². The van der Waals surface area contributed by atoms with Crippen LogP contribution in [0.4, 0.5) is 0 Å². The number of aromatic nitrogens is 2. The van der Waals surface area contributed by atoms with Crippen molar-refractivity contribution in [2.24, 2.45) is 0 Å². The highest BCUT2D eigenvalue weighted by Crippen LogP contribution is 2.16. The molecule has 0 unspecified atom stereocenters. The largest absolute Gasteiger partial charge is 0.480 e. The van der Waals surface area contributed by atoms with E-state index >= 15 is 0 Å². The van der Waals surface area contributed by atoms with Crippen LogP contribution in [0.3, 0.4) is 0 Å². The highest BCUT2D eigenvalue weighted by Gasteiger charge is 2.22. The molecule has 122 valence electrons. The zero-order valence-corrected chi connectivity index (χ0v) is 13.7. The lowest BCUT2D eigenvalue weighted by Gasteiger charge is -2.24. The molecule has 7 heteroatoms. The van der Waals surface area contributed by atoms with E-state index in [1.807, 2.05) is 18.2 Å². The number of carboxylic acid groups (broad SMARTS) is 1. The van der Waals surface area contributed by atoms with Gasteiger partial charge in [0.05, 0.1) is 18.3 Å². The SMILES string of the molecule is CC(C)N(CC(=O)O)C(=O)c1cnn(Cc2ccccc2Cl)c1. The van der Waals surface area contributed by atoms with E-state index < -0.39 is 5.97 Å². The number of carbonyl (C=O) groups is 2. The van der Waals surface area contributed by atoms with Gasteiger partial charge in [-0.05, 0) is 25.5 Å². The van der Waals surface area contributed by atoms with Gasteiger partial charge in [-0.3, -0.25) is 14.3 Å². The molecule has 0 fully saturated rings. The Labute approximate surface area is 139 Å². The van der Waals surface area contributed by atoms with Crippen LogP contribution in [0.15, 0.2) is 36.7 Å². The zero-order chi connectivity index (χ0) is 17.0. The highest BCUT2D eigenvalue weighted by molar-refractivity contribution is 6.31. The Morgan fingerprint density at radius 3 is 2.65 bits per heavy atom. The number of amides is 1. The molecule has 0 aliphatic rings. The van der Waals surface area contributed by atoms with E-state index in [4.69, 9.17) is 16.7 Å². The van der Waals surface area contributed by atoms with Gasteiger partial charge in [-0.25, -0.2) is 0 Å². The van der Waals surface area contributed by atoms with Crippen molar-refractivity contribution in [3.63, 3.8) is 0 Å². The third-order valence-electron chi connectivity index (χ3n) is 3.36. The third-order valence-corrected chi connectivity index (χ3v) is 3.73. The first-order valence-corrected chi connectivity index (χ1v) is 7.55. The van der Waals surface area contributed by atoms with Crippen LogP contribution in [0.2, 0.25) is 5.02 Å². The molecule has 0 spiro atoms. The molecule has 0 radical (unpaired) electrons. The number of hydrogen-bond donors (Lipinski definition) is 1. The lowest BCUT2D eigenvalue weighted by Crippen LogP contribution is -2.40. The normalized spacial score (nSPS) is 10.8. The highest BCUT2D eigenvalue weighted by atomic mass is 35.5. The Morgan fingerprint density at radius 2 is 2.04 bits per heavy atom. The smallest absolute Gasteiger partial charge is 0.323 e. The van der Waals surface area contributed by atoms with Crippen LogP contribution in [-0.4, -0.2) is 44.3 Å². The molecule has 1 amide bonds. The molecule has 0 aliphatic carbocycles. The van der Waals surface area contributed by atoms with Crippen molar-refractivity contribution in [3.05, 3.63) is 52.8 Å². The number of carbonyl (C=O) groups excluding carboxylic acids is 1. The minimum Gasteiger partial charge on any atom is -0.480 e. The van der Waals surface area contributed by atoms with Gasteiger partial charge >= 0.3 is 5.97 Å². The molecule has 1 aromatic carbocycles. The Hall–Kier alpha value is -2.34. The molecule has 0 saturated heterocycles. The van der Waals surface area contributed by atoms with Crippen LogP contribution in [0.5, 0.6) is 0 Å². The van der Waals surface area contributed by atoms with Gasteiger partial charge in [0.1, 0.15) is 6.54 Å². The molecular formula is C16H18ClN3O3. The Bertz CT molecular complexity index is 712. The molecule has 0 bridgehead atoms. The fourth-order valence-electron chi connectivity index (χ4n) is 2.16. The average molecular weight is 336 g/mol. The summed E-state index contributed by atoms with van der Waals surface area (Å²) in [5.41, 5.74) is 1.24. The molecule has 1 aromatic heterocycles. The van der Waals surface area contributed by atoms with Crippen LogP contribution in [0.25, 0.3) is 0 Å². The summed E-state index contributed by atoms with van der Waals surface area (Å²) in [6.45, 7) is 3.64. The standard InChI is InChI=1S/C16H18ClN3O3/c1-11(2)20(10-15(21)22)16(23)13-7-18-19(9-13)8-12-5-3-4-6-14(12)17/h3-7,9,11H,8,10H2,1-2H3,(H,21,22). The molecule has 2 aromatic rings. The van der Waals surface area contributed by atoms with Gasteiger partial charge in [-0.1, -0.05) is 29.8 Å². The van der Waals surface area contributed by atoms with Crippen LogP contribution in [-0.2, 0) is 11.3 Å². The van der Waals surface area contributed by atoms with Crippen LogP contribution in [0.1, 0.15) is 29.8 Å². The Kier molecular flexibility index (Phi) is 5.39. The monoisotopic (exact) mass is 335 g/mol. The zero-order valence-electron chi connectivity index (χ0n) is 12.9. The van der Waals surface area contributed by atoms with E-state index in [0.717, 1.165) is 5.56 Å². The number of rotatable bonds is 6. The summed E-state index contributed by atoms with van der Waals surface area (Å²) in [7, 11) is 0. The molecular weight excluding hydrogens is 318 g/mol. The summed E-state index contributed by atoms with van der Waals surface area (Å²) in [5, 5.41) is 13.7. The van der Waals surface area contributed by atoms with Gasteiger partial charge in [0.25, 0.3) is 5.91 Å². The maximum Gasteiger partial charge on any atom is 0.323 e. The van der Waals surface area contributed by atoms with Crippen molar-refractivity contribution in [1.29, 1.82) is 0 Å². The molecule has 0 saturated carbocycles. The van der Waals surface area contributed by atoms with Gasteiger partial charge in [-0.15, -0.1) is 0 Å². The second-order valence-corrected chi connectivity index (χ2v) is 5.85.